The van der Waals surface area contributed by atoms with Gasteiger partial charge in [0.15, 0.2) is 11.4 Å². The van der Waals surface area contributed by atoms with Gasteiger partial charge in [-0.15, -0.1) is 0 Å². The Hall–Kier alpha value is -2.71. The highest BCUT2D eigenvalue weighted by Gasteiger charge is 2.48. The van der Waals surface area contributed by atoms with Gasteiger partial charge in [-0.3, -0.25) is 0 Å². The maximum absolute atomic E-state index is 13.0. The molecule has 2 nitrogen and oxygen atoms in total. The predicted molar refractivity (Wildman–Crippen MR) is 98.9 cm³/mol. The van der Waals surface area contributed by atoms with Gasteiger partial charge >= 0.3 is 5.91 Å². The zero-order chi connectivity index (χ0) is 16.7. The molecule has 0 bridgehead atoms. The number of aryl methyl sites for hydroxylation is 1. The second kappa shape index (κ2) is 5.43. The average molecular weight is 314 g/mol. The highest BCUT2D eigenvalue weighted by Crippen LogP contribution is 2.55. The molecule has 3 aromatic carbocycles. The van der Waals surface area contributed by atoms with Crippen molar-refractivity contribution in [3.8, 4) is 11.1 Å². The highest BCUT2D eigenvalue weighted by molar-refractivity contribution is 6.07. The Kier molecular flexibility index (Phi) is 3.36. The van der Waals surface area contributed by atoms with Crippen molar-refractivity contribution in [1.82, 2.24) is 4.48 Å². The van der Waals surface area contributed by atoms with E-state index in [9.17, 15) is 4.79 Å². The number of carbonyl (C=O) groups is 1. The molecule has 24 heavy (non-hydrogen) atoms. The Morgan fingerprint density at radius 1 is 0.833 bits per heavy atom. The van der Waals surface area contributed by atoms with Crippen molar-refractivity contribution in [2.75, 3.05) is 0 Å². The second-order valence-electron chi connectivity index (χ2n) is 6.46. The van der Waals surface area contributed by atoms with E-state index >= 15 is 0 Å². The molecule has 0 N–H and O–H groups in total. The lowest BCUT2D eigenvalue weighted by atomic mass is 10.0. The van der Waals surface area contributed by atoms with Crippen LogP contribution in [0.4, 0.5) is 11.4 Å². The van der Waals surface area contributed by atoms with Gasteiger partial charge < -0.3 is 0 Å². The number of para-hydroxylation sites is 2. The highest BCUT2D eigenvalue weighted by atomic mass is 16.2. The first-order chi connectivity index (χ1) is 11.6. The number of benzene rings is 3. The number of nitrogens with zero attached hydrogens (tertiary/aromatic N) is 1. The van der Waals surface area contributed by atoms with E-state index in [1.165, 1.54) is 16.7 Å². The number of hydrogen-bond acceptors (Lipinski definition) is 1. The standard InChI is InChI=1S/C22H20NO/c1-16-9-8-13-20-19-12-6-7-14-21(19)23(17(2)24,22(16)20)15-18-10-4-3-5-11-18/h3-14H,15H2,1-2H3/q+1. The Labute approximate surface area is 142 Å². The van der Waals surface area contributed by atoms with Crippen molar-refractivity contribution < 1.29 is 4.79 Å². The number of fused-ring (bicyclic) bond motifs is 3. The first-order valence-electron chi connectivity index (χ1n) is 8.28. The second-order valence-corrected chi connectivity index (χ2v) is 6.46. The van der Waals surface area contributed by atoms with Gasteiger partial charge in [-0.25, -0.2) is 4.79 Å². The fraction of sp³-hybridized carbons (Fsp3) is 0.136. The van der Waals surface area contributed by atoms with Gasteiger partial charge in [-0.1, -0.05) is 54.6 Å². The van der Waals surface area contributed by atoms with E-state index in [4.69, 9.17) is 0 Å². The molecule has 1 amide bonds. The van der Waals surface area contributed by atoms with Crippen LogP contribution in [0.5, 0.6) is 0 Å². The topological polar surface area (TPSA) is 17.1 Å². The van der Waals surface area contributed by atoms with Gasteiger partial charge in [-0.05, 0) is 19.1 Å². The minimum absolute atomic E-state index is 0.152. The zero-order valence-corrected chi connectivity index (χ0v) is 14.0. The number of quaternary nitrogens is 1. The molecule has 1 heterocycles. The minimum atomic E-state index is 0.152. The SMILES string of the molecule is CC(=O)[N+]1(Cc2ccccc2)c2ccccc2-c2cccc(C)c21. The molecule has 0 aliphatic carbocycles. The predicted octanol–water partition coefficient (Wildman–Crippen LogP) is 5.36. The molecule has 1 atom stereocenters. The number of hydrogen-bond donors (Lipinski definition) is 0. The molecule has 0 saturated carbocycles. The summed E-state index contributed by atoms with van der Waals surface area (Å²) in [5, 5.41) is 0. The summed E-state index contributed by atoms with van der Waals surface area (Å²) in [5.41, 5.74) is 6.88. The van der Waals surface area contributed by atoms with Gasteiger partial charge in [0.25, 0.3) is 0 Å². The van der Waals surface area contributed by atoms with Crippen LogP contribution >= 0.6 is 0 Å². The zero-order valence-electron chi connectivity index (χ0n) is 14.0. The molecule has 0 aromatic heterocycles. The van der Waals surface area contributed by atoms with Crippen molar-refractivity contribution >= 4 is 17.3 Å². The summed E-state index contributed by atoms with van der Waals surface area (Å²) in [6, 6.07) is 24.9. The van der Waals surface area contributed by atoms with E-state index in [0.29, 0.717) is 6.54 Å². The van der Waals surface area contributed by atoms with Crippen LogP contribution in [0, 0.1) is 6.92 Å². The van der Waals surface area contributed by atoms with Crippen LogP contribution in [0.2, 0.25) is 0 Å². The lowest BCUT2D eigenvalue weighted by Crippen LogP contribution is -2.46. The van der Waals surface area contributed by atoms with Crippen LogP contribution in [0.1, 0.15) is 18.1 Å². The average Bonchev–Trinajstić information content (AvgIpc) is 2.89. The molecular formula is C22H20NO+. The summed E-state index contributed by atoms with van der Waals surface area (Å²) < 4.78 is 0.266. The molecule has 1 aliphatic heterocycles. The smallest absolute Gasteiger partial charge is 0.230 e. The summed E-state index contributed by atoms with van der Waals surface area (Å²) in [6.07, 6.45) is 0. The lowest BCUT2D eigenvalue weighted by molar-refractivity contribution is -0.125. The minimum Gasteiger partial charge on any atom is -0.230 e. The van der Waals surface area contributed by atoms with Crippen LogP contribution in [-0.4, -0.2) is 5.91 Å². The van der Waals surface area contributed by atoms with E-state index < -0.39 is 0 Å². The summed E-state index contributed by atoms with van der Waals surface area (Å²) in [6.45, 7) is 4.46. The Morgan fingerprint density at radius 2 is 1.50 bits per heavy atom. The number of carbonyl (C=O) groups excluding carboxylic acids is 1. The van der Waals surface area contributed by atoms with Gasteiger partial charge in [-0.2, -0.15) is 4.48 Å². The quantitative estimate of drug-likeness (QED) is 0.582. The van der Waals surface area contributed by atoms with E-state index in [1.807, 2.05) is 30.3 Å². The number of amides is 1. The normalized spacial score (nSPS) is 18.1. The summed E-state index contributed by atoms with van der Waals surface area (Å²) in [4.78, 5) is 13.0. The van der Waals surface area contributed by atoms with Gasteiger partial charge in [0.2, 0.25) is 0 Å². The van der Waals surface area contributed by atoms with Gasteiger partial charge in [0, 0.05) is 28.3 Å². The van der Waals surface area contributed by atoms with E-state index in [-0.39, 0.29) is 10.4 Å². The molecule has 3 aromatic rings. The largest absolute Gasteiger partial charge is 0.321 e. The first kappa shape index (κ1) is 14.9. The maximum atomic E-state index is 13.0. The van der Waals surface area contributed by atoms with Gasteiger partial charge in [0.05, 0.1) is 6.92 Å². The Morgan fingerprint density at radius 3 is 2.25 bits per heavy atom. The summed E-state index contributed by atoms with van der Waals surface area (Å²) in [5.74, 6) is 0.152. The van der Waals surface area contributed by atoms with Crippen LogP contribution in [0.3, 0.4) is 0 Å². The third-order valence-electron chi connectivity index (χ3n) is 5.03. The summed E-state index contributed by atoms with van der Waals surface area (Å²) >= 11 is 0. The van der Waals surface area contributed by atoms with Crippen LogP contribution in [-0.2, 0) is 11.3 Å². The van der Waals surface area contributed by atoms with Crippen molar-refractivity contribution in [2.45, 2.75) is 20.4 Å². The van der Waals surface area contributed by atoms with Crippen molar-refractivity contribution in [3.63, 3.8) is 0 Å². The third kappa shape index (κ3) is 1.97. The molecule has 4 rings (SSSR count). The van der Waals surface area contributed by atoms with Crippen LogP contribution < -0.4 is 4.48 Å². The maximum Gasteiger partial charge on any atom is 0.321 e. The first-order valence-corrected chi connectivity index (χ1v) is 8.28. The van der Waals surface area contributed by atoms with E-state index in [0.717, 1.165) is 16.9 Å². The molecular weight excluding hydrogens is 294 g/mol. The Balaban J connectivity index is 2.05. The van der Waals surface area contributed by atoms with E-state index in [2.05, 4.69) is 49.4 Å². The van der Waals surface area contributed by atoms with E-state index in [1.54, 1.807) is 6.92 Å². The monoisotopic (exact) mass is 314 g/mol. The third-order valence-corrected chi connectivity index (χ3v) is 5.03. The Bertz CT molecular complexity index is 930. The molecule has 0 spiro atoms. The molecule has 118 valence electrons. The van der Waals surface area contributed by atoms with Crippen molar-refractivity contribution in [2.24, 2.45) is 0 Å². The van der Waals surface area contributed by atoms with Crippen molar-refractivity contribution in [3.05, 3.63) is 83.9 Å². The van der Waals surface area contributed by atoms with Crippen LogP contribution in [0.25, 0.3) is 11.1 Å². The molecule has 0 radical (unpaired) electrons. The van der Waals surface area contributed by atoms with Crippen LogP contribution in [0.15, 0.2) is 72.8 Å². The van der Waals surface area contributed by atoms with Gasteiger partial charge in [0.1, 0.15) is 6.54 Å². The molecule has 0 fully saturated rings. The molecule has 0 saturated heterocycles. The lowest BCUT2D eigenvalue weighted by Gasteiger charge is -2.32. The fourth-order valence-corrected chi connectivity index (χ4v) is 4.00. The summed E-state index contributed by atoms with van der Waals surface area (Å²) in [7, 11) is 0. The number of rotatable bonds is 2. The fourth-order valence-electron chi connectivity index (χ4n) is 4.00. The molecule has 1 unspecified atom stereocenters. The molecule has 1 aliphatic rings. The van der Waals surface area contributed by atoms with Crippen molar-refractivity contribution in [1.29, 1.82) is 0 Å². The molecule has 2 heteroatoms.